The number of ether oxygens (including phenoxy) is 2. The summed E-state index contributed by atoms with van der Waals surface area (Å²) in [4.78, 5) is 29.1. The third-order valence-corrected chi connectivity index (χ3v) is 8.66. The summed E-state index contributed by atoms with van der Waals surface area (Å²) < 4.78 is 12.2. The van der Waals surface area contributed by atoms with Gasteiger partial charge in [-0.05, 0) is 69.0 Å². The van der Waals surface area contributed by atoms with Crippen LogP contribution in [0.2, 0.25) is 0 Å². The van der Waals surface area contributed by atoms with Gasteiger partial charge in [0.05, 0.1) is 25.4 Å². The summed E-state index contributed by atoms with van der Waals surface area (Å²) in [5.74, 6) is 1.59. The molecule has 1 unspecified atom stereocenters. The summed E-state index contributed by atoms with van der Waals surface area (Å²) in [6, 6.07) is 11.5. The molecule has 1 saturated heterocycles. The number of fused-ring (bicyclic) bond motifs is 5. The normalized spacial score (nSPS) is 28.9. The molecule has 3 atom stereocenters. The number of nitrogens with one attached hydrogen (secondary N) is 2. The maximum atomic E-state index is 13.6. The SMILES string of the molecule is CCC12CC/C=C/c3ccc4c(c3)[C@H](CC(C)(C)O4)NC(=O)c3ccc4c(c3)[C@@H](CCO4)N(CN1)C(=O)C2. The van der Waals surface area contributed by atoms with E-state index in [1.165, 1.54) is 0 Å². The minimum atomic E-state index is -0.400. The summed E-state index contributed by atoms with van der Waals surface area (Å²) >= 11 is 0. The molecule has 5 aliphatic heterocycles. The number of nitrogens with zero attached hydrogens (tertiary/aromatic N) is 1. The van der Waals surface area contributed by atoms with Crippen molar-refractivity contribution < 1.29 is 19.1 Å². The number of carbonyl (C=O) groups is 2. The first kappa shape index (κ1) is 25.0. The molecule has 2 N–H and O–H groups in total. The van der Waals surface area contributed by atoms with Gasteiger partial charge in [0.25, 0.3) is 5.91 Å². The number of hydrogen-bond acceptors (Lipinski definition) is 5. The first-order valence-corrected chi connectivity index (χ1v) is 13.9. The van der Waals surface area contributed by atoms with Crippen molar-refractivity contribution in [3.05, 3.63) is 64.7 Å². The van der Waals surface area contributed by atoms with Crippen LogP contribution >= 0.6 is 0 Å². The number of hydrogen-bond donors (Lipinski definition) is 2. The van der Waals surface area contributed by atoms with Gasteiger partial charge in [-0.2, -0.15) is 0 Å². The van der Waals surface area contributed by atoms with E-state index in [-0.39, 0.29) is 29.4 Å². The van der Waals surface area contributed by atoms with Gasteiger partial charge in [-0.3, -0.25) is 14.9 Å². The fourth-order valence-electron chi connectivity index (χ4n) is 6.45. The predicted octanol–water partition coefficient (Wildman–Crippen LogP) is 5.28. The van der Waals surface area contributed by atoms with Crippen LogP contribution < -0.4 is 20.1 Å². The summed E-state index contributed by atoms with van der Waals surface area (Å²) in [5.41, 5.74) is 2.94. The fraction of sp³-hybridized carbons (Fsp3) is 0.484. The smallest absolute Gasteiger partial charge is 0.251 e. The maximum absolute atomic E-state index is 13.6. The Labute approximate surface area is 224 Å². The largest absolute Gasteiger partial charge is 0.493 e. The second-order valence-electron chi connectivity index (χ2n) is 11.7. The van der Waals surface area contributed by atoms with Crippen LogP contribution in [0.15, 0.2) is 42.5 Å². The Morgan fingerprint density at radius 2 is 1.92 bits per heavy atom. The highest BCUT2D eigenvalue weighted by atomic mass is 16.5. The van der Waals surface area contributed by atoms with E-state index in [0.29, 0.717) is 38.1 Å². The van der Waals surface area contributed by atoms with Crippen molar-refractivity contribution in [2.24, 2.45) is 0 Å². The van der Waals surface area contributed by atoms with E-state index in [1.807, 2.05) is 29.2 Å². The zero-order chi connectivity index (χ0) is 26.5. The molecule has 0 spiro atoms. The average Bonchev–Trinajstić information content (AvgIpc) is 2.90. The molecule has 38 heavy (non-hydrogen) atoms. The molecule has 0 radical (unpaired) electrons. The van der Waals surface area contributed by atoms with Crippen molar-refractivity contribution in [1.82, 2.24) is 15.5 Å². The molecule has 0 aliphatic carbocycles. The molecule has 7 nitrogen and oxygen atoms in total. The Morgan fingerprint density at radius 1 is 1.08 bits per heavy atom. The molecule has 6 bridgehead atoms. The van der Waals surface area contributed by atoms with E-state index in [1.54, 1.807) is 0 Å². The quantitative estimate of drug-likeness (QED) is 0.540. The highest BCUT2D eigenvalue weighted by Gasteiger charge is 2.41. The topological polar surface area (TPSA) is 79.9 Å². The van der Waals surface area contributed by atoms with Crippen LogP contribution in [0.1, 0.15) is 98.4 Å². The zero-order valence-electron chi connectivity index (χ0n) is 22.5. The van der Waals surface area contributed by atoms with E-state index >= 15 is 0 Å². The van der Waals surface area contributed by atoms with Crippen LogP contribution in [0.3, 0.4) is 0 Å². The lowest BCUT2D eigenvalue weighted by atomic mass is 9.84. The van der Waals surface area contributed by atoms with Crippen molar-refractivity contribution in [3.63, 3.8) is 0 Å². The lowest BCUT2D eigenvalue weighted by molar-refractivity contribution is -0.141. The number of amides is 2. The predicted molar refractivity (Wildman–Crippen MR) is 146 cm³/mol. The second kappa shape index (κ2) is 9.45. The van der Waals surface area contributed by atoms with Crippen LogP contribution in [0.4, 0.5) is 0 Å². The Morgan fingerprint density at radius 3 is 2.74 bits per heavy atom. The molecule has 0 saturated carbocycles. The maximum Gasteiger partial charge on any atom is 0.251 e. The van der Waals surface area contributed by atoms with Crippen LogP contribution in [0.25, 0.3) is 6.08 Å². The van der Waals surface area contributed by atoms with Gasteiger partial charge in [-0.1, -0.05) is 25.1 Å². The second-order valence-corrected chi connectivity index (χ2v) is 11.7. The monoisotopic (exact) mass is 515 g/mol. The summed E-state index contributed by atoms with van der Waals surface area (Å²) in [5, 5.41) is 7.00. The molecule has 2 aromatic rings. The molecule has 0 aromatic heterocycles. The van der Waals surface area contributed by atoms with Gasteiger partial charge in [0.2, 0.25) is 5.91 Å². The lowest BCUT2D eigenvalue weighted by Crippen LogP contribution is -2.59. The third-order valence-electron chi connectivity index (χ3n) is 8.66. The van der Waals surface area contributed by atoms with E-state index < -0.39 is 5.60 Å². The Hall–Kier alpha value is -3.32. The van der Waals surface area contributed by atoms with Crippen LogP contribution in [0.5, 0.6) is 11.5 Å². The first-order valence-electron chi connectivity index (χ1n) is 13.9. The van der Waals surface area contributed by atoms with Crippen molar-refractivity contribution >= 4 is 17.9 Å². The van der Waals surface area contributed by atoms with Crippen LogP contribution in [-0.4, -0.2) is 41.1 Å². The van der Waals surface area contributed by atoms with Crippen LogP contribution in [-0.2, 0) is 4.79 Å². The fourth-order valence-corrected chi connectivity index (χ4v) is 6.45. The molecule has 7 heteroatoms. The summed E-state index contributed by atoms with van der Waals surface area (Å²) in [7, 11) is 0. The van der Waals surface area contributed by atoms with Gasteiger partial charge in [0.1, 0.15) is 17.1 Å². The minimum absolute atomic E-state index is 0.120. The highest BCUT2D eigenvalue weighted by Crippen LogP contribution is 2.42. The molecule has 200 valence electrons. The first-order chi connectivity index (χ1) is 18.3. The third kappa shape index (κ3) is 4.57. The van der Waals surface area contributed by atoms with Crippen molar-refractivity contribution in [1.29, 1.82) is 0 Å². The molecule has 5 aliphatic rings. The number of allylic oxidation sites excluding steroid dienone is 1. The number of benzene rings is 2. The van der Waals surface area contributed by atoms with Crippen molar-refractivity contribution in [2.45, 2.75) is 82.5 Å². The van der Waals surface area contributed by atoms with Gasteiger partial charge >= 0.3 is 0 Å². The molecule has 5 heterocycles. The molecule has 2 amide bonds. The van der Waals surface area contributed by atoms with Gasteiger partial charge in [0, 0.05) is 41.5 Å². The molecular formula is C31H37N3O4. The summed E-state index contributed by atoms with van der Waals surface area (Å²) in [6.07, 6.45) is 8.83. The summed E-state index contributed by atoms with van der Waals surface area (Å²) in [6.45, 7) is 7.32. The molecule has 7 rings (SSSR count). The van der Waals surface area contributed by atoms with Gasteiger partial charge in [0.15, 0.2) is 0 Å². The Kier molecular flexibility index (Phi) is 6.22. The number of rotatable bonds is 1. The van der Waals surface area contributed by atoms with E-state index in [2.05, 4.69) is 55.7 Å². The van der Waals surface area contributed by atoms with E-state index in [9.17, 15) is 9.59 Å². The number of carbonyl (C=O) groups excluding carboxylic acids is 2. The Bertz CT molecular complexity index is 1300. The molecule has 2 aromatic carbocycles. The minimum Gasteiger partial charge on any atom is -0.493 e. The van der Waals surface area contributed by atoms with Gasteiger partial charge in [-0.25, -0.2) is 0 Å². The van der Waals surface area contributed by atoms with Gasteiger partial charge < -0.3 is 19.7 Å². The van der Waals surface area contributed by atoms with E-state index in [0.717, 1.165) is 47.5 Å². The lowest BCUT2D eigenvalue weighted by Gasteiger charge is -2.46. The molecule has 1 fully saturated rings. The zero-order valence-corrected chi connectivity index (χ0v) is 22.5. The van der Waals surface area contributed by atoms with Gasteiger partial charge in [-0.15, -0.1) is 0 Å². The van der Waals surface area contributed by atoms with Crippen LogP contribution in [0, 0.1) is 0 Å². The van der Waals surface area contributed by atoms with Crippen molar-refractivity contribution in [3.8, 4) is 11.5 Å². The Balaban J connectivity index is 1.42. The highest BCUT2D eigenvalue weighted by molar-refractivity contribution is 5.95. The average molecular weight is 516 g/mol. The standard InChI is InChI=1S/C31H37N3O4/c1-4-31-13-6-5-7-20-8-10-27-22(15-20)24(17-30(2,3)38-27)33-29(36)21-9-11-26-23(16-21)25(12-14-37-26)34(19-32-31)28(35)18-31/h5,7-11,15-16,24-25,32H,4,6,12-14,17-19H2,1-3H3,(H,33,36)/b7-5+/t24-,25+,31?/m0/s1. The van der Waals surface area contributed by atoms with Crippen molar-refractivity contribution in [2.75, 3.05) is 13.3 Å². The molecular weight excluding hydrogens is 478 g/mol. The van der Waals surface area contributed by atoms with E-state index in [4.69, 9.17) is 9.47 Å².